The molecule has 1 aromatic heterocycles. The molecule has 0 unspecified atom stereocenters. The van der Waals surface area contributed by atoms with Gasteiger partial charge in [-0.1, -0.05) is 37.0 Å². The first kappa shape index (κ1) is 24.5. The van der Waals surface area contributed by atoms with Gasteiger partial charge in [0, 0.05) is 23.7 Å². The van der Waals surface area contributed by atoms with Crippen molar-refractivity contribution < 1.29 is 19.0 Å². The zero-order valence-electron chi connectivity index (χ0n) is 18.1. The lowest BCUT2D eigenvalue weighted by molar-refractivity contribution is 0.0495. The minimum absolute atomic E-state index is 0.216. The van der Waals surface area contributed by atoms with Crippen molar-refractivity contribution in [2.75, 3.05) is 31.7 Å². The summed E-state index contributed by atoms with van der Waals surface area (Å²) in [6.07, 6.45) is 0.0897. The van der Waals surface area contributed by atoms with Crippen molar-refractivity contribution in [3.63, 3.8) is 0 Å². The smallest absolute Gasteiger partial charge is 0.407 e. The molecule has 1 aliphatic heterocycles. The van der Waals surface area contributed by atoms with Gasteiger partial charge >= 0.3 is 6.09 Å². The van der Waals surface area contributed by atoms with Crippen LogP contribution >= 0.6 is 23.2 Å². The third-order valence-corrected chi connectivity index (χ3v) is 5.91. The van der Waals surface area contributed by atoms with Crippen molar-refractivity contribution in [2.24, 2.45) is 0 Å². The van der Waals surface area contributed by atoms with E-state index in [0.29, 0.717) is 34.4 Å². The van der Waals surface area contributed by atoms with Gasteiger partial charge in [0.1, 0.15) is 5.82 Å². The lowest BCUT2D eigenvalue weighted by Crippen LogP contribution is -2.35. The molecule has 0 spiro atoms. The molecule has 1 saturated heterocycles. The van der Waals surface area contributed by atoms with Crippen LogP contribution in [-0.4, -0.2) is 64.6 Å². The second-order valence-corrected chi connectivity index (χ2v) is 8.38. The first-order valence-corrected chi connectivity index (χ1v) is 11.4. The number of nitrogens with one attached hydrogen (secondary N) is 1. The number of aryl methyl sites for hydroxylation is 2. The maximum Gasteiger partial charge on any atom is 0.407 e. The molecule has 0 radical (unpaired) electrons. The van der Waals surface area contributed by atoms with Crippen LogP contribution in [0.1, 0.15) is 31.7 Å². The number of nitrogens with zero attached hydrogens (tertiary/aromatic N) is 3. The summed E-state index contributed by atoms with van der Waals surface area (Å²) in [6.45, 7) is 4.17. The maximum atomic E-state index is 12.5. The summed E-state index contributed by atoms with van der Waals surface area (Å²) >= 11 is 12.5. The number of likely N-dealkylation sites (tertiary alicyclic amines) is 1. The predicted molar refractivity (Wildman–Crippen MR) is 124 cm³/mol. The number of hydrogen-bond acceptors (Lipinski definition) is 5. The van der Waals surface area contributed by atoms with Gasteiger partial charge in [0.05, 0.1) is 47.5 Å². The summed E-state index contributed by atoms with van der Waals surface area (Å²) in [5, 5.41) is 13.8. The van der Waals surface area contributed by atoms with Gasteiger partial charge in [0.2, 0.25) is 0 Å². The molecule has 0 saturated carbocycles. The Bertz CT molecular complexity index is 963. The number of benzene rings is 1. The van der Waals surface area contributed by atoms with Crippen LogP contribution < -0.4 is 5.32 Å². The molecule has 3 rings (SSSR count). The minimum Gasteiger partial charge on any atom is -0.465 e. The van der Waals surface area contributed by atoms with Crippen LogP contribution in [0.5, 0.6) is 0 Å². The number of rotatable bonds is 9. The Morgan fingerprint density at radius 1 is 1.25 bits per heavy atom. The van der Waals surface area contributed by atoms with Crippen LogP contribution in [0.15, 0.2) is 18.2 Å². The first-order valence-electron chi connectivity index (χ1n) is 10.6. The van der Waals surface area contributed by atoms with E-state index in [1.54, 1.807) is 12.1 Å². The lowest BCUT2D eigenvalue weighted by Gasteiger charge is -2.22. The Kier molecular flexibility index (Phi) is 8.51. The third kappa shape index (κ3) is 5.60. The highest BCUT2D eigenvalue weighted by molar-refractivity contribution is 6.36. The van der Waals surface area contributed by atoms with E-state index in [1.807, 2.05) is 19.9 Å². The molecule has 1 fully saturated rings. The number of ether oxygens (including phenoxy) is 1. The van der Waals surface area contributed by atoms with E-state index in [-0.39, 0.29) is 32.2 Å². The fraction of sp³-hybridized carbons (Fsp3) is 0.500. The molecule has 1 aliphatic rings. The summed E-state index contributed by atoms with van der Waals surface area (Å²) in [4.78, 5) is 22.4. The van der Waals surface area contributed by atoms with Gasteiger partial charge in [-0.05, 0) is 37.5 Å². The molecule has 2 heterocycles. The minimum atomic E-state index is -1.02. The van der Waals surface area contributed by atoms with E-state index in [0.717, 1.165) is 17.0 Å². The summed E-state index contributed by atoms with van der Waals surface area (Å²) in [5.74, 6) is 0.592. The Morgan fingerprint density at radius 3 is 2.62 bits per heavy atom. The van der Waals surface area contributed by atoms with E-state index in [2.05, 4.69) is 5.32 Å². The van der Waals surface area contributed by atoms with E-state index in [1.165, 1.54) is 4.90 Å². The van der Waals surface area contributed by atoms with E-state index in [9.17, 15) is 14.3 Å². The Labute approximate surface area is 196 Å². The highest BCUT2D eigenvalue weighted by atomic mass is 35.5. The molecular weight excluding hydrogens is 458 g/mol. The topological polar surface area (TPSA) is 87.6 Å². The van der Waals surface area contributed by atoms with E-state index in [4.69, 9.17) is 37.9 Å². The Balaban J connectivity index is 1.92. The van der Waals surface area contributed by atoms with Crippen molar-refractivity contribution in [1.82, 2.24) is 14.9 Å². The molecule has 174 valence electrons. The number of anilines is 1. The number of amides is 1. The average molecular weight is 485 g/mol. The normalized spacial score (nSPS) is 18.2. The molecular formula is C22H27Cl2FN4O3. The third-order valence-electron chi connectivity index (χ3n) is 5.36. The molecule has 2 atom stereocenters. The summed E-state index contributed by atoms with van der Waals surface area (Å²) in [7, 11) is 0. The molecule has 2 N–H and O–H groups in total. The van der Waals surface area contributed by atoms with Crippen molar-refractivity contribution in [1.29, 1.82) is 0 Å². The quantitative estimate of drug-likeness (QED) is 0.481. The van der Waals surface area contributed by atoms with E-state index >= 15 is 0 Å². The fourth-order valence-electron chi connectivity index (χ4n) is 3.71. The maximum absolute atomic E-state index is 12.5. The largest absolute Gasteiger partial charge is 0.465 e. The molecule has 10 heteroatoms. The van der Waals surface area contributed by atoms with Gasteiger partial charge in [-0.3, -0.25) is 4.39 Å². The fourth-order valence-corrected chi connectivity index (χ4v) is 4.21. The van der Waals surface area contributed by atoms with Crippen LogP contribution in [0.4, 0.5) is 15.0 Å². The Hall–Kier alpha value is -2.16. The van der Waals surface area contributed by atoms with Gasteiger partial charge in [0.15, 0.2) is 0 Å². The second-order valence-electron chi connectivity index (χ2n) is 7.54. The average Bonchev–Trinajstić information content (AvgIpc) is 3.17. The molecule has 7 nitrogen and oxygen atoms in total. The highest BCUT2D eigenvalue weighted by Gasteiger charge is 2.36. The zero-order valence-corrected chi connectivity index (χ0v) is 19.6. The standard InChI is InChI=1S/C22H27Cl2FN4O3/c1-3-16-20(14-7-6-13(23)10-15(14)24)26-17(4-2)21(27-16)28-18-11-29(22(30)31)12-19(18)32-9-5-8-25/h6-7,10,18-19H,3-5,8-9,11-12H2,1-2H3,(H,27,28)(H,30,31)/t18-,19+/m1/s1. The van der Waals surface area contributed by atoms with Crippen LogP contribution in [0.25, 0.3) is 11.3 Å². The second kappa shape index (κ2) is 11.1. The number of carbonyl (C=O) groups is 1. The van der Waals surface area contributed by atoms with Gasteiger partial charge in [0.25, 0.3) is 0 Å². The highest BCUT2D eigenvalue weighted by Crippen LogP contribution is 2.33. The lowest BCUT2D eigenvalue weighted by atomic mass is 10.1. The van der Waals surface area contributed by atoms with Crippen LogP contribution in [0, 0.1) is 0 Å². The number of alkyl halides is 1. The summed E-state index contributed by atoms with van der Waals surface area (Å²) in [5.41, 5.74) is 2.95. The molecule has 0 bridgehead atoms. The van der Waals surface area contributed by atoms with Crippen LogP contribution in [0.3, 0.4) is 0 Å². The van der Waals surface area contributed by atoms with Gasteiger partial charge in [-0.15, -0.1) is 0 Å². The van der Waals surface area contributed by atoms with Gasteiger partial charge in [-0.25, -0.2) is 14.8 Å². The van der Waals surface area contributed by atoms with Crippen LogP contribution in [-0.2, 0) is 17.6 Å². The van der Waals surface area contributed by atoms with Crippen LogP contribution in [0.2, 0.25) is 10.0 Å². The SMILES string of the molecule is CCc1nc(-c2ccc(Cl)cc2Cl)c(CC)nc1N[C@@H]1CN(C(=O)O)C[C@@H]1OCCCF. The van der Waals surface area contributed by atoms with Gasteiger partial charge < -0.3 is 20.1 Å². The van der Waals surface area contributed by atoms with Crippen molar-refractivity contribution in [3.05, 3.63) is 39.6 Å². The number of halogens is 3. The number of hydrogen-bond donors (Lipinski definition) is 2. The predicted octanol–water partition coefficient (Wildman–Crippen LogP) is 5.09. The first-order chi connectivity index (χ1) is 15.4. The van der Waals surface area contributed by atoms with Crippen molar-refractivity contribution in [2.45, 2.75) is 45.3 Å². The summed E-state index contributed by atoms with van der Waals surface area (Å²) < 4.78 is 18.3. The monoisotopic (exact) mass is 484 g/mol. The van der Waals surface area contributed by atoms with Crippen molar-refractivity contribution in [3.8, 4) is 11.3 Å². The van der Waals surface area contributed by atoms with Gasteiger partial charge in [-0.2, -0.15) is 0 Å². The summed E-state index contributed by atoms with van der Waals surface area (Å²) in [6, 6.07) is 4.95. The van der Waals surface area contributed by atoms with E-state index < -0.39 is 18.9 Å². The molecule has 1 amide bonds. The molecule has 0 aliphatic carbocycles. The molecule has 32 heavy (non-hydrogen) atoms. The molecule has 1 aromatic carbocycles. The molecule has 2 aromatic rings. The number of carboxylic acid groups (broad SMARTS) is 1. The zero-order chi connectivity index (χ0) is 23.3. The number of aromatic nitrogens is 2. The van der Waals surface area contributed by atoms with Crippen molar-refractivity contribution >= 4 is 35.1 Å². The Morgan fingerprint density at radius 2 is 2.00 bits per heavy atom.